The van der Waals surface area contributed by atoms with Crippen LogP contribution >= 0.6 is 15.9 Å². The minimum absolute atomic E-state index is 0.167. The Balaban J connectivity index is 2.17. The van der Waals surface area contributed by atoms with Crippen molar-refractivity contribution in [3.8, 4) is 5.75 Å². The van der Waals surface area contributed by atoms with Crippen LogP contribution in [0.4, 0.5) is 9.18 Å². The summed E-state index contributed by atoms with van der Waals surface area (Å²) < 4.78 is 52.8. The number of carbonyl (C=O) groups excluding carboxylic acids is 1. The van der Waals surface area contributed by atoms with Gasteiger partial charge in [-0.15, -0.1) is 0 Å². The molecule has 1 amide bonds. The zero-order valence-corrected chi connectivity index (χ0v) is 20.4. The Morgan fingerprint density at radius 1 is 1.33 bits per heavy atom. The number of rotatable bonds is 5. The number of piperidine rings is 1. The molecule has 1 unspecified atom stereocenters. The molecule has 1 aliphatic rings. The van der Waals surface area contributed by atoms with E-state index >= 15 is 0 Å². The monoisotopic (exact) mass is 509 g/mol. The number of hydrogen-bond donors (Lipinski definition) is 2. The van der Waals surface area contributed by atoms with Gasteiger partial charge in [-0.1, -0.05) is 15.9 Å². The Bertz CT molecular complexity index is 902. The average Bonchev–Trinajstić information content (AvgIpc) is 2.56. The van der Waals surface area contributed by atoms with Gasteiger partial charge >= 0.3 is 6.09 Å². The predicted molar refractivity (Wildman–Crippen MR) is 114 cm³/mol. The van der Waals surface area contributed by atoms with Gasteiger partial charge in [-0.2, -0.15) is 4.31 Å². The number of carbonyl (C=O) groups is 1. The largest absolute Gasteiger partial charge is 0.492 e. The van der Waals surface area contributed by atoms with Gasteiger partial charge in [-0.05, 0) is 59.6 Å². The van der Waals surface area contributed by atoms with E-state index in [0.29, 0.717) is 17.3 Å². The van der Waals surface area contributed by atoms with Crippen LogP contribution < -0.4 is 15.6 Å². The van der Waals surface area contributed by atoms with Crippen molar-refractivity contribution in [2.75, 3.05) is 13.7 Å². The van der Waals surface area contributed by atoms with Crippen LogP contribution in [0.3, 0.4) is 0 Å². The number of amides is 1. The zero-order chi connectivity index (χ0) is 22.9. The van der Waals surface area contributed by atoms with Crippen LogP contribution in [0.5, 0.6) is 5.75 Å². The van der Waals surface area contributed by atoms with E-state index in [1.54, 1.807) is 34.6 Å². The van der Waals surface area contributed by atoms with Crippen molar-refractivity contribution in [3.05, 3.63) is 22.4 Å². The molecule has 1 fully saturated rings. The highest BCUT2D eigenvalue weighted by Gasteiger charge is 2.43. The third kappa shape index (κ3) is 5.83. The average molecular weight is 510 g/mol. The summed E-state index contributed by atoms with van der Waals surface area (Å²) in [5, 5.41) is 0. The van der Waals surface area contributed by atoms with Crippen LogP contribution in [0.15, 0.2) is 21.5 Å². The van der Waals surface area contributed by atoms with Crippen LogP contribution in [-0.4, -0.2) is 49.7 Å². The molecule has 2 rings (SSSR count). The lowest BCUT2D eigenvalue weighted by molar-refractivity contribution is 0.0459. The van der Waals surface area contributed by atoms with Gasteiger partial charge in [0.2, 0.25) is 10.0 Å². The summed E-state index contributed by atoms with van der Waals surface area (Å²) in [5.74, 6) is -1.08. The third-order valence-corrected chi connectivity index (χ3v) is 7.20. The summed E-state index contributed by atoms with van der Waals surface area (Å²) in [6.45, 7) is 9.04. The van der Waals surface area contributed by atoms with Gasteiger partial charge in [0.25, 0.3) is 0 Å². The summed E-state index contributed by atoms with van der Waals surface area (Å²) in [7, 11) is -2.81. The van der Waals surface area contributed by atoms with Crippen molar-refractivity contribution in [2.45, 2.75) is 69.5 Å². The Kier molecular flexibility index (Phi) is 7.43. The minimum Gasteiger partial charge on any atom is -0.492 e. The number of ether oxygens (including phenoxy) is 2. The van der Waals surface area contributed by atoms with E-state index in [-0.39, 0.29) is 23.2 Å². The van der Waals surface area contributed by atoms with Crippen molar-refractivity contribution in [1.29, 1.82) is 0 Å². The first-order chi connectivity index (χ1) is 13.7. The second kappa shape index (κ2) is 8.97. The van der Waals surface area contributed by atoms with Gasteiger partial charge in [0.05, 0.1) is 7.11 Å². The summed E-state index contributed by atoms with van der Waals surface area (Å²) in [6.07, 6.45) is 0.252. The van der Waals surface area contributed by atoms with E-state index in [1.807, 2.05) is 0 Å². The zero-order valence-electron chi connectivity index (χ0n) is 18.0. The topological polar surface area (TPSA) is 97.0 Å². The van der Waals surface area contributed by atoms with Crippen LogP contribution in [0.2, 0.25) is 0 Å². The molecule has 8 nitrogen and oxygen atoms in total. The van der Waals surface area contributed by atoms with Crippen molar-refractivity contribution in [3.63, 3.8) is 0 Å². The van der Waals surface area contributed by atoms with Crippen molar-refractivity contribution < 1.29 is 27.1 Å². The number of hydrazine groups is 1. The fraction of sp³-hybridized carbons (Fsp3) is 0.632. The molecule has 0 radical (unpaired) electrons. The second-order valence-corrected chi connectivity index (χ2v) is 11.5. The van der Waals surface area contributed by atoms with Crippen LogP contribution in [0.25, 0.3) is 0 Å². The van der Waals surface area contributed by atoms with Gasteiger partial charge < -0.3 is 9.47 Å². The van der Waals surface area contributed by atoms with Crippen LogP contribution in [0, 0.1) is 5.82 Å². The predicted octanol–water partition coefficient (Wildman–Crippen LogP) is 3.56. The van der Waals surface area contributed by atoms with Crippen molar-refractivity contribution >= 4 is 32.0 Å². The molecule has 1 heterocycles. The molecule has 30 heavy (non-hydrogen) atoms. The van der Waals surface area contributed by atoms with E-state index < -0.39 is 33.1 Å². The first-order valence-corrected chi connectivity index (χ1v) is 11.7. The summed E-state index contributed by atoms with van der Waals surface area (Å²) >= 11 is 3.15. The number of halogens is 2. The molecule has 0 bridgehead atoms. The molecule has 170 valence electrons. The van der Waals surface area contributed by atoms with Gasteiger partial charge in [-0.25, -0.2) is 23.0 Å². The SMILES string of the molecule is COc1c(F)cc(Br)cc1S(=O)(=O)N1CCC(NNC(=O)OC(C)(C)C)CC1(C)C. The van der Waals surface area contributed by atoms with Crippen molar-refractivity contribution in [1.82, 2.24) is 15.2 Å². The fourth-order valence-corrected chi connectivity index (χ4v) is 6.04. The molecular weight excluding hydrogens is 481 g/mol. The van der Waals surface area contributed by atoms with E-state index in [1.165, 1.54) is 17.5 Å². The second-order valence-electron chi connectivity index (χ2n) is 8.77. The van der Waals surface area contributed by atoms with Crippen molar-refractivity contribution in [2.24, 2.45) is 0 Å². The van der Waals surface area contributed by atoms with Gasteiger partial charge in [0.15, 0.2) is 11.6 Å². The number of sulfonamides is 1. The van der Waals surface area contributed by atoms with Crippen LogP contribution in [0.1, 0.15) is 47.5 Å². The third-order valence-electron chi connectivity index (χ3n) is 4.63. The number of methoxy groups -OCH3 is 1. The van der Waals surface area contributed by atoms with E-state index in [2.05, 4.69) is 26.8 Å². The molecule has 1 aliphatic heterocycles. The highest BCUT2D eigenvalue weighted by atomic mass is 79.9. The fourth-order valence-electron chi connectivity index (χ4n) is 3.46. The molecular formula is C19H29BrFN3O5S. The summed E-state index contributed by atoms with van der Waals surface area (Å²) in [6, 6.07) is 2.32. The first-order valence-electron chi connectivity index (χ1n) is 9.48. The van der Waals surface area contributed by atoms with Gasteiger partial charge in [-0.3, -0.25) is 5.43 Å². The molecule has 0 saturated carbocycles. The lowest BCUT2D eigenvalue weighted by atomic mass is 9.90. The highest BCUT2D eigenvalue weighted by molar-refractivity contribution is 9.10. The molecule has 0 aromatic heterocycles. The molecule has 1 aromatic carbocycles. The van der Waals surface area contributed by atoms with E-state index in [0.717, 1.165) is 6.07 Å². The minimum atomic E-state index is -4.04. The molecule has 1 saturated heterocycles. The van der Waals surface area contributed by atoms with Crippen LogP contribution in [-0.2, 0) is 14.8 Å². The maximum atomic E-state index is 14.3. The maximum absolute atomic E-state index is 14.3. The Morgan fingerprint density at radius 2 is 1.97 bits per heavy atom. The van der Waals surface area contributed by atoms with E-state index in [4.69, 9.17) is 9.47 Å². The van der Waals surface area contributed by atoms with Gasteiger partial charge in [0, 0.05) is 22.6 Å². The smallest absolute Gasteiger partial charge is 0.422 e. The Labute approximate surface area is 185 Å². The Hall–Kier alpha value is -1.43. The molecule has 11 heteroatoms. The highest BCUT2D eigenvalue weighted by Crippen LogP contribution is 2.38. The molecule has 2 N–H and O–H groups in total. The molecule has 0 spiro atoms. The normalized spacial score (nSPS) is 19.9. The summed E-state index contributed by atoms with van der Waals surface area (Å²) in [4.78, 5) is 11.6. The van der Waals surface area contributed by atoms with E-state index in [9.17, 15) is 17.6 Å². The number of hydrogen-bond acceptors (Lipinski definition) is 6. The van der Waals surface area contributed by atoms with Gasteiger partial charge in [0.1, 0.15) is 10.5 Å². The summed E-state index contributed by atoms with van der Waals surface area (Å²) in [5.41, 5.74) is 4.00. The molecule has 1 atom stereocenters. The lowest BCUT2D eigenvalue weighted by Crippen LogP contribution is -2.59. The lowest BCUT2D eigenvalue weighted by Gasteiger charge is -2.44. The quantitative estimate of drug-likeness (QED) is 0.589. The first kappa shape index (κ1) is 24.8. The Morgan fingerprint density at radius 3 is 2.50 bits per heavy atom. The maximum Gasteiger partial charge on any atom is 0.422 e. The number of nitrogens with zero attached hydrogens (tertiary/aromatic N) is 1. The number of benzene rings is 1. The number of nitrogens with one attached hydrogen (secondary N) is 2. The molecule has 1 aromatic rings. The molecule has 0 aliphatic carbocycles. The standard InChI is InChI=1S/C19H29BrFN3O5S/c1-18(2,3)29-17(25)23-22-13-7-8-24(19(4,5)11-13)30(26,27)15-10-12(20)9-14(21)16(15)28-6/h9-10,13,22H,7-8,11H2,1-6H3,(H,23,25).